The number of H-pyrrole nitrogens is 1. The van der Waals surface area contributed by atoms with E-state index in [9.17, 15) is 4.39 Å². The first kappa shape index (κ1) is 10.2. The van der Waals surface area contributed by atoms with Crippen molar-refractivity contribution in [1.29, 1.82) is 0 Å². The minimum Gasteiger partial charge on any atom is -0.358 e. The van der Waals surface area contributed by atoms with Gasteiger partial charge in [0.25, 0.3) is 0 Å². The minimum atomic E-state index is -0.178. The van der Waals surface area contributed by atoms with E-state index in [0.29, 0.717) is 0 Å². The van der Waals surface area contributed by atoms with E-state index in [-0.39, 0.29) is 12.7 Å². The Morgan fingerprint density at radius 2 is 2.07 bits per heavy atom. The molecule has 2 rings (SSSR count). The van der Waals surface area contributed by atoms with Gasteiger partial charge in [0.05, 0.1) is 0 Å². The number of hydrogen-bond donors (Lipinski definition) is 1. The minimum absolute atomic E-state index is 0. The zero-order valence-corrected chi connectivity index (χ0v) is 9.39. The van der Waals surface area contributed by atoms with Gasteiger partial charge in [0.2, 0.25) is 0 Å². The molecule has 15 heavy (non-hydrogen) atoms. The molecule has 1 N–H and O–H groups in total. The highest BCUT2D eigenvalue weighted by Gasteiger charge is 2.20. The summed E-state index contributed by atoms with van der Waals surface area (Å²) in [5.74, 6) is -0.178. The van der Waals surface area contributed by atoms with Gasteiger partial charge in [-0.25, -0.2) is 4.39 Å². The summed E-state index contributed by atoms with van der Waals surface area (Å²) in [6.45, 7) is 6.54. The van der Waals surface area contributed by atoms with Gasteiger partial charge in [-0.2, -0.15) is 0 Å². The molecule has 1 aromatic carbocycles. The summed E-state index contributed by atoms with van der Waals surface area (Å²) in [5, 5.41) is 0.950. The number of aromatic nitrogens is 1. The van der Waals surface area contributed by atoms with Gasteiger partial charge in [0.1, 0.15) is 5.82 Å². The number of benzene rings is 1. The Morgan fingerprint density at radius 3 is 2.73 bits per heavy atom. The second kappa shape index (κ2) is 3.37. The molecule has 0 aliphatic heterocycles. The van der Waals surface area contributed by atoms with Crippen molar-refractivity contribution in [3.05, 3.63) is 35.8 Å². The summed E-state index contributed by atoms with van der Waals surface area (Å²) in [6, 6.07) is 6.89. The fraction of sp³-hybridized carbons (Fsp3) is 0.385. The van der Waals surface area contributed by atoms with Crippen molar-refractivity contribution in [3.63, 3.8) is 0 Å². The lowest BCUT2D eigenvalue weighted by Crippen LogP contribution is -2.15. The fourth-order valence-corrected chi connectivity index (χ4v) is 1.66. The normalized spacial score (nSPS) is 12.3. The number of nitrogens with one attached hydrogen (secondary N) is 1. The van der Waals surface area contributed by atoms with Crippen LogP contribution in [0.4, 0.5) is 4.39 Å². The number of fused-ring (bicyclic) bond motifs is 1. The first-order valence-electron chi connectivity index (χ1n) is 5.32. The molecule has 0 bridgehead atoms. The summed E-state index contributed by atoms with van der Waals surface area (Å²) < 4.78 is 13.0. The van der Waals surface area contributed by atoms with E-state index in [0.717, 1.165) is 17.3 Å². The summed E-state index contributed by atoms with van der Waals surface area (Å²) in [4.78, 5) is 3.35. The zero-order valence-electron chi connectivity index (χ0n) is 9.39. The molecule has 0 fully saturated rings. The van der Waals surface area contributed by atoms with Crippen LogP contribution in [0.3, 0.4) is 0 Å². The fourth-order valence-electron chi connectivity index (χ4n) is 1.66. The van der Waals surface area contributed by atoms with Crippen molar-refractivity contribution >= 4 is 10.9 Å². The molecule has 0 saturated carbocycles. The first-order valence-corrected chi connectivity index (χ1v) is 5.32. The average Bonchev–Trinajstić information content (AvgIpc) is 2.61. The molecule has 2 aromatic rings. The maximum absolute atomic E-state index is 13.0. The van der Waals surface area contributed by atoms with Crippen LogP contribution in [-0.2, 0) is 5.41 Å². The molecule has 0 aliphatic rings. The van der Waals surface area contributed by atoms with E-state index in [4.69, 9.17) is 0 Å². The van der Waals surface area contributed by atoms with Crippen molar-refractivity contribution in [2.45, 2.75) is 32.6 Å². The van der Waals surface area contributed by atoms with Gasteiger partial charge in [0.15, 0.2) is 0 Å². The van der Waals surface area contributed by atoms with E-state index in [1.807, 2.05) is 6.07 Å². The average molecular weight is 207 g/mol. The molecule has 0 unspecified atom stereocenters. The van der Waals surface area contributed by atoms with Crippen LogP contribution < -0.4 is 0 Å². The maximum Gasteiger partial charge on any atom is 0.123 e. The molecule has 1 heterocycles. The van der Waals surface area contributed by atoms with Crippen molar-refractivity contribution in [1.82, 2.24) is 4.98 Å². The SMILES string of the molecule is CCC(C)(C)c1cc2cc(F)ccc2[nH]1.[HH]. The predicted octanol–water partition coefficient (Wildman–Crippen LogP) is 4.24. The topological polar surface area (TPSA) is 15.8 Å². The smallest absolute Gasteiger partial charge is 0.123 e. The summed E-state index contributed by atoms with van der Waals surface area (Å²) in [5.41, 5.74) is 2.30. The Bertz CT molecular complexity index is 488. The largest absolute Gasteiger partial charge is 0.358 e. The van der Waals surface area contributed by atoms with Crippen LogP contribution in [0.2, 0.25) is 0 Å². The highest BCUT2D eigenvalue weighted by atomic mass is 19.1. The molecule has 1 nitrogen and oxygen atoms in total. The molecule has 82 valence electrons. The van der Waals surface area contributed by atoms with Crippen molar-refractivity contribution in [2.75, 3.05) is 0 Å². The highest BCUT2D eigenvalue weighted by Crippen LogP contribution is 2.29. The van der Waals surface area contributed by atoms with Gasteiger partial charge >= 0.3 is 0 Å². The maximum atomic E-state index is 13.0. The first-order chi connectivity index (χ1) is 7.03. The molecule has 2 heteroatoms. The quantitative estimate of drug-likeness (QED) is 0.758. The van der Waals surface area contributed by atoms with Crippen LogP contribution in [0.1, 0.15) is 34.3 Å². The third kappa shape index (κ3) is 1.76. The number of rotatable bonds is 2. The molecule has 0 spiro atoms. The lowest BCUT2D eigenvalue weighted by atomic mass is 9.86. The molecule has 1 aromatic heterocycles. The molecular formula is C13H18FN. The van der Waals surface area contributed by atoms with Gasteiger partial charge < -0.3 is 4.98 Å². The van der Waals surface area contributed by atoms with Crippen LogP contribution in [0.25, 0.3) is 10.9 Å². The Kier molecular flexibility index (Phi) is 2.29. The van der Waals surface area contributed by atoms with Crippen LogP contribution >= 0.6 is 0 Å². The van der Waals surface area contributed by atoms with Crippen LogP contribution in [0.5, 0.6) is 0 Å². The lowest BCUT2D eigenvalue weighted by molar-refractivity contribution is 0.494. The lowest BCUT2D eigenvalue weighted by Gasteiger charge is -2.20. The van der Waals surface area contributed by atoms with Gasteiger partial charge in [-0.05, 0) is 30.7 Å². The van der Waals surface area contributed by atoms with Crippen LogP contribution in [-0.4, -0.2) is 4.98 Å². The Hall–Kier alpha value is -1.31. The summed E-state index contributed by atoms with van der Waals surface area (Å²) in [7, 11) is 0. The number of halogens is 1. The van der Waals surface area contributed by atoms with Crippen LogP contribution in [0, 0.1) is 5.82 Å². The van der Waals surface area contributed by atoms with Crippen molar-refractivity contribution < 1.29 is 5.82 Å². The van der Waals surface area contributed by atoms with Gasteiger partial charge in [-0.1, -0.05) is 20.8 Å². The van der Waals surface area contributed by atoms with E-state index >= 15 is 0 Å². The highest BCUT2D eigenvalue weighted by molar-refractivity contribution is 5.80. The van der Waals surface area contributed by atoms with E-state index in [2.05, 4.69) is 25.8 Å². The van der Waals surface area contributed by atoms with Crippen molar-refractivity contribution in [3.8, 4) is 0 Å². The standard InChI is InChI=1S/C13H16FN.H2/c1-4-13(2,3)12-8-9-7-10(14)5-6-11(9)15-12;/h5-8,15H,4H2,1-3H3;1H. The van der Waals surface area contributed by atoms with E-state index < -0.39 is 0 Å². The predicted molar refractivity (Wildman–Crippen MR) is 63.7 cm³/mol. The van der Waals surface area contributed by atoms with Gasteiger partial charge in [-0.15, -0.1) is 0 Å². The molecule has 0 atom stereocenters. The number of hydrogen-bond acceptors (Lipinski definition) is 0. The third-order valence-electron chi connectivity index (χ3n) is 3.20. The third-order valence-corrected chi connectivity index (χ3v) is 3.20. The second-order valence-corrected chi connectivity index (χ2v) is 4.65. The monoisotopic (exact) mass is 207 g/mol. The van der Waals surface area contributed by atoms with Gasteiger partial charge in [0, 0.05) is 23.4 Å². The Morgan fingerprint density at radius 1 is 1.33 bits per heavy atom. The Labute approximate surface area is 90.8 Å². The molecule has 0 radical (unpaired) electrons. The van der Waals surface area contributed by atoms with Crippen LogP contribution in [0.15, 0.2) is 24.3 Å². The van der Waals surface area contributed by atoms with E-state index in [1.54, 1.807) is 12.1 Å². The zero-order chi connectivity index (χ0) is 11.1. The van der Waals surface area contributed by atoms with Gasteiger partial charge in [-0.3, -0.25) is 0 Å². The number of aromatic amines is 1. The second-order valence-electron chi connectivity index (χ2n) is 4.65. The molecule has 0 amide bonds. The molecular weight excluding hydrogens is 189 g/mol. The summed E-state index contributed by atoms with van der Waals surface area (Å²) >= 11 is 0. The molecule has 0 saturated heterocycles. The Balaban J connectivity index is 0.00000128. The van der Waals surface area contributed by atoms with Crippen molar-refractivity contribution in [2.24, 2.45) is 0 Å². The summed E-state index contributed by atoms with van der Waals surface area (Å²) in [6.07, 6.45) is 1.06. The molecule has 0 aliphatic carbocycles. The van der Waals surface area contributed by atoms with E-state index in [1.165, 1.54) is 11.8 Å².